The van der Waals surface area contributed by atoms with Gasteiger partial charge >= 0.3 is 5.97 Å². The van der Waals surface area contributed by atoms with Crippen LogP contribution in [0.1, 0.15) is 35.7 Å². The zero-order valence-electron chi connectivity index (χ0n) is 11.2. The molecule has 0 heterocycles. The van der Waals surface area contributed by atoms with Gasteiger partial charge in [-0.1, -0.05) is 12.1 Å². The summed E-state index contributed by atoms with van der Waals surface area (Å²) in [6.45, 7) is 1.81. The summed E-state index contributed by atoms with van der Waals surface area (Å²) in [5.41, 5.74) is 1.73. The Morgan fingerprint density at radius 1 is 1.42 bits per heavy atom. The highest BCUT2D eigenvalue weighted by atomic mass is 32.2. The lowest BCUT2D eigenvalue weighted by atomic mass is 10.1. The van der Waals surface area contributed by atoms with Crippen molar-refractivity contribution >= 4 is 23.6 Å². The summed E-state index contributed by atoms with van der Waals surface area (Å²) in [7, 11) is 0. The molecule has 104 valence electrons. The number of carboxylic acid groups (broad SMARTS) is 1. The number of aliphatic carboxylic acids is 1. The normalized spacial score (nSPS) is 11.9. The first-order chi connectivity index (χ1) is 9.02. The van der Waals surface area contributed by atoms with Crippen LogP contribution in [0.5, 0.6) is 0 Å². The summed E-state index contributed by atoms with van der Waals surface area (Å²) in [6, 6.07) is 7.34. The second-order valence-electron chi connectivity index (χ2n) is 4.44. The number of nitrogens with one attached hydrogen (secondary N) is 1. The van der Waals surface area contributed by atoms with Gasteiger partial charge in [0, 0.05) is 23.8 Å². The molecule has 1 unspecified atom stereocenters. The molecule has 0 saturated carbocycles. The van der Waals surface area contributed by atoms with E-state index in [1.807, 2.05) is 31.4 Å². The molecule has 0 aliphatic carbocycles. The molecule has 0 radical (unpaired) electrons. The van der Waals surface area contributed by atoms with E-state index < -0.39 is 5.97 Å². The Morgan fingerprint density at radius 2 is 2.16 bits per heavy atom. The van der Waals surface area contributed by atoms with Crippen LogP contribution < -0.4 is 5.32 Å². The molecule has 0 spiro atoms. The zero-order chi connectivity index (χ0) is 14.3. The van der Waals surface area contributed by atoms with Gasteiger partial charge in [0.15, 0.2) is 0 Å². The molecular weight excluding hydrogens is 262 g/mol. The monoisotopic (exact) mass is 281 g/mol. The van der Waals surface area contributed by atoms with Crippen molar-refractivity contribution in [1.29, 1.82) is 0 Å². The molecule has 0 bridgehead atoms. The summed E-state index contributed by atoms with van der Waals surface area (Å²) < 4.78 is 0. The SMILES string of the molecule is CSCc1cccc(C(=O)NC(C)CCC(=O)O)c1. The number of hydrogen-bond acceptors (Lipinski definition) is 3. The average Bonchev–Trinajstić information content (AvgIpc) is 2.37. The van der Waals surface area contributed by atoms with Crippen molar-refractivity contribution in [2.24, 2.45) is 0 Å². The highest BCUT2D eigenvalue weighted by molar-refractivity contribution is 7.97. The first kappa shape index (κ1) is 15.6. The Kier molecular flexibility index (Phi) is 6.42. The van der Waals surface area contributed by atoms with Crippen LogP contribution in [-0.2, 0) is 10.5 Å². The predicted octanol–water partition coefficient (Wildman–Crippen LogP) is 2.53. The number of hydrogen-bond donors (Lipinski definition) is 2. The zero-order valence-corrected chi connectivity index (χ0v) is 12.0. The van der Waals surface area contributed by atoms with Gasteiger partial charge in [-0.15, -0.1) is 0 Å². The van der Waals surface area contributed by atoms with Crippen LogP contribution in [0.4, 0.5) is 0 Å². The lowest BCUT2D eigenvalue weighted by Crippen LogP contribution is -2.32. The maximum atomic E-state index is 12.0. The van der Waals surface area contributed by atoms with Gasteiger partial charge in [-0.05, 0) is 37.3 Å². The number of carbonyl (C=O) groups excluding carboxylic acids is 1. The highest BCUT2D eigenvalue weighted by Gasteiger charge is 2.11. The van der Waals surface area contributed by atoms with Crippen LogP contribution in [0.25, 0.3) is 0 Å². The van der Waals surface area contributed by atoms with E-state index in [9.17, 15) is 9.59 Å². The van der Waals surface area contributed by atoms with E-state index >= 15 is 0 Å². The quantitative estimate of drug-likeness (QED) is 0.806. The summed E-state index contributed by atoms with van der Waals surface area (Å²) >= 11 is 1.70. The molecule has 1 atom stereocenters. The van der Waals surface area contributed by atoms with Crippen LogP contribution >= 0.6 is 11.8 Å². The lowest BCUT2D eigenvalue weighted by Gasteiger charge is -2.13. The van der Waals surface area contributed by atoms with Crippen molar-refractivity contribution in [2.75, 3.05) is 6.26 Å². The third-order valence-electron chi connectivity index (χ3n) is 2.67. The highest BCUT2D eigenvalue weighted by Crippen LogP contribution is 2.11. The lowest BCUT2D eigenvalue weighted by molar-refractivity contribution is -0.137. The summed E-state index contributed by atoms with van der Waals surface area (Å²) in [4.78, 5) is 22.5. The van der Waals surface area contributed by atoms with Crippen LogP contribution in [0.15, 0.2) is 24.3 Å². The van der Waals surface area contributed by atoms with Crippen molar-refractivity contribution in [1.82, 2.24) is 5.32 Å². The van der Waals surface area contributed by atoms with Crippen molar-refractivity contribution < 1.29 is 14.7 Å². The number of carbonyl (C=O) groups is 2. The molecule has 5 heteroatoms. The number of rotatable bonds is 7. The van der Waals surface area contributed by atoms with Crippen molar-refractivity contribution in [2.45, 2.75) is 31.6 Å². The van der Waals surface area contributed by atoms with Gasteiger partial charge in [0.25, 0.3) is 5.91 Å². The molecule has 1 aromatic rings. The molecular formula is C14H19NO3S. The van der Waals surface area contributed by atoms with E-state index in [4.69, 9.17) is 5.11 Å². The van der Waals surface area contributed by atoms with Crippen LogP contribution in [0.3, 0.4) is 0 Å². The molecule has 4 nitrogen and oxygen atoms in total. The third kappa shape index (κ3) is 5.79. The number of carboxylic acids is 1. The van der Waals surface area contributed by atoms with E-state index in [1.165, 1.54) is 0 Å². The standard InChI is InChI=1S/C14H19NO3S/c1-10(6-7-13(16)17)15-14(18)12-5-3-4-11(8-12)9-19-2/h3-5,8,10H,6-7,9H2,1-2H3,(H,15,18)(H,16,17). The number of benzene rings is 1. The molecule has 1 aromatic carbocycles. The molecule has 0 aromatic heterocycles. The Labute approximate surface area is 117 Å². The minimum absolute atomic E-state index is 0.0635. The van der Waals surface area contributed by atoms with E-state index in [0.29, 0.717) is 12.0 Å². The van der Waals surface area contributed by atoms with Gasteiger partial charge in [-0.2, -0.15) is 11.8 Å². The first-order valence-electron chi connectivity index (χ1n) is 6.13. The van der Waals surface area contributed by atoms with Gasteiger partial charge in [-0.25, -0.2) is 0 Å². The van der Waals surface area contributed by atoms with Crippen molar-refractivity contribution in [3.05, 3.63) is 35.4 Å². The summed E-state index contributed by atoms with van der Waals surface area (Å²) in [5, 5.41) is 11.4. The molecule has 0 aliphatic heterocycles. The number of amides is 1. The molecule has 0 fully saturated rings. The molecule has 0 saturated heterocycles. The molecule has 0 aliphatic rings. The van der Waals surface area contributed by atoms with Gasteiger partial charge in [0.1, 0.15) is 0 Å². The summed E-state index contributed by atoms with van der Waals surface area (Å²) in [6.07, 6.45) is 2.51. The van der Waals surface area contributed by atoms with Crippen LogP contribution in [-0.4, -0.2) is 29.3 Å². The Morgan fingerprint density at radius 3 is 2.79 bits per heavy atom. The molecule has 1 rings (SSSR count). The Bertz CT molecular complexity index is 448. The average molecular weight is 281 g/mol. The smallest absolute Gasteiger partial charge is 0.303 e. The third-order valence-corrected chi connectivity index (χ3v) is 3.29. The van der Waals surface area contributed by atoms with Crippen LogP contribution in [0, 0.1) is 0 Å². The fourth-order valence-electron chi connectivity index (χ4n) is 1.69. The van der Waals surface area contributed by atoms with Crippen molar-refractivity contribution in [3.8, 4) is 0 Å². The van der Waals surface area contributed by atoms with Gasteiger partial charge in [0.05, 0.1) is 0 Å². The second-order valence-corrected chi connectivity index (χ2v) is 5.31. The largest absolute Gasteiger partial charge is 0.481 e. The predicted molar refractivity (Wildman–Crippen MR) is 77.5 cm³/mol. The number of thioether (sulfide) groups is 1. The molecule has 1 amide bonds. The van der Waals surface area contributed by atoms with Gasteiger partial charge < -0.3 is 10.4 Å². The van der Waals surface area contributed by atoms with E-state index in [0.717, 1.165) is 11.3 Å². The minimum atomic E-state index is -0.844. The van der Waals surface area contributed by atoms with Crippen molar-refractivity contribution in [3.63, 3.8) is 0 Å². The maximum Gasteiger partial charge on any atom is 0.303 e. The fourth-order valence-corrected chi connectivity index (χ4v) is 2.20. The van der Waals surface area contributed by atoms with Gasteiger partial charge in [-0.3, -0.25) is 9.59 Å². The second kappa shape index (κ2) is 7.84. The fraction of sp³-hybridized carbons (Fsp3) is 0.429. The van der Waals surface area contributed by atoms with E-state index in [-0.39, 0.29) is 18.4 Å². The van der Waals surface area contributed by atoms with E-state index in [2.05, 4.69) is 5.32 Å². The minimum Gasteiger partial charge on any atom is -0.481 e. The first-order valence-corrected chi connectivity index (χ1v) is 7.53. The maximum absolute atomic E-state index is 12.0. The Hall–Kier alpha value is -1.49. The van der Waals surface area contributed by atoms with Gasteiger partial charge in [0.2, 0.25) is 0 Å². The molecule has 2 N–H and O–H groups in total. The molecule has 19 heavy (non-hydrogen) atoms. The van der Waals surface area contributed by atoms with E-state index in [1.54, 1.807) is 17.8 Å². The van der Waals surface area contributed by atoms with Crippen LogP contribution in [0.2, 0.25) is 0 Å². The Balaban J connectivity index is 2.57. The summed E-state index contributed by atoms with van der Waals surface area (Å²) in [5.74, 6) is -0.126. The topological polar surface area (TPSA) is 66.4 Å².